The molecule has 4 heteroatoms. The summed E-state index contributed by atoms with van der Waals surface area (Å²) in [7, 11) is 2.02. The summed E-state index contributed by atoms with van der Waals surface area (Å²) in [5, 5.41) is 4.25. The lowest BCUT2D eigenvalue weighted by Gasteiger charge is -2.23. The zero-order chi connectivity index (χ0) is 14.7. The van der Waals surface area contributed by atoms with Gasteiger partial charge in [0.1, 0.15) is 0 Å². The molecular formula is C17H17N3O. The van der Waals surface area contributed by atoms with Gasteiger partial charge in [0, 0.05) is 29.9 Å². The van der Waals surface area contributed by atoms with Crippen molar-refractivity contribution in [2.24, 2.45) is 0 Å². The van der Waals surface area contributed by atoms with Crippen LogP contribution in [0.1, 0.15) is 5.56 Å². The van der Waals surface area contributed by atoms with Crippen molar-refractivity contribution < 1.29 is 4.74 Å². The molecule has 2 heterocycles. The molecule has 3 rings (SSSR count). The molecule has 2 aromatic rings. The maximum Gasteiger partial charge on any atom is 0.186 e. The number of ether oxygens (including phenoxy) is 1. The van der Waals surface area contributed by atoms with E-state index in [1.54, 1.807) is 6.26 Å². The lowest BCUT2D eigenvalue weighted by atomic mass is 10.1. The van der Waals surface area contributed by atoms with Gasteiger partial charge < -0.3 is 15.0 Å². The van der Waals surface area contributed by atoms with Crippen LogP contribution in [0.15, 0.2) is 67.4 Å². The molecule has 0 saturated carbocycles. The van der Waals surface area contributed by atoms with Crippen LogP contribution in [0.2, 0.25) is 0 Å². The number of nitrogens with zero attached hydrogens (tertiary/aromatic N) is 2. The molecule has 0 amide bonds. The molecule has 0 aliphatic carbocycles. The van der Waals surface area contributed by atoms with Crippen LogP contribution in [0.25, 0.3) is 16.6 Å². The third kappa shape index (κ3) is 2.74. The van der Waals surface area contributed by atoms with Crippen molar-refractivity contribution in [2.75, 3.05) is 13.7 Å². The standard InChI is InChI=1S/C17H17N3O/c1-13-19-12-20(2)16(9-5-11-21-13)15-8-3-6-14-7-4-10-18-17(14)15/h3-11,19H,1,12H2,2H3/b11-5+,16-9-. The van der Waals surface area contributed by atoms with Crippen molar-refractivity contribution >= 4 is 16.6 Å². The zero-order valence-electron chi connectivity index (χ0n) is 11.9. The van der Waals surface area contributed by atoms with E-state index in [0.29, 0.717) is 12.6 Å². The highest BCUT2D eigenvalue weighted by Gasteiger charge is 2.12. The summed E-state index contributed by atoms with van der Waals surface area (Å²) in [6, 6.07) is 10.2. The summed E-state index contributed by atoms with van der Waals surface area (Å²) in [5.41, 5.74) is 3.15. The van der Waals surface area contributed by atoms with E-state index in [4.69, 9.17) is 4.74 Å². The minimum absolute atomic E-state index is 0.531. The van der Waals surface area contributed by atoms with Crippen LogP contribution in [-0.4, -0.2) is 23.6 Å². The Kier molecular flexibility index (Phi) is 3.60. The number of benzene rings is 1. The van der Waals surface area contributed by atoms with Crippen LogP contribution >= 0.6 is 0 Å². The number of nitrogens with one attached hydrogen (secondary N) is 1. The maximum absolute atomic E-state index is 5.31. The Balaban J connectivity index is 2.09. The average molecular weight is 279 g/mol. The fourth-order valence-corrected chi connectivity index (χ4v) is 2.32. The van der Waals surface area contributed by atoms with E-state index in [-0.39, 0.29) is 0 Å². The fraction of sp³-hybridized carbons (Fsp3) is 0.118. The molecule has 1 aliphatic rings. The second-order valence-electron chi connectivity index (χ2n) is 4.84. The van der Waals surface area contributed by atoms with Gasteiger partial charge in [0.2, 0.25) is 0 Å². The van der Waals surface area contributed by atoms with Gasteiger partial charge in [0.25, 0.3) is 0 Å². The molecule has 1 aliphatic heterocycles. The molecule has 0 radical (unpaired) electrons. The van der Waals surface area contributed by atoms with Crippen molar-refractivity contribution in [2.45, 2.75) is 0 Å². The van der Waals surface area contributed by atoms with Crippen LogP contribution in [0.3, 0.4) is 0 Å². The molecule has 0 bridgehead atoms. The lowest BCUT2D eigenvalue weighted by molar-refractivity contribution is 0.296. The van der Waals surface area contributed by atoms with Gasteiger partial charge in [-0.1, -0.05) is 24.3 Å². The number of para-hydroxylation sites is 1. The summed E-state index contributed by atoms with van der Waals surface area (Å²) in [4.78, 5) is 6.63. The molecule has 1 aromatic heterocycles. The second kappa shape index (κ2) is 5.71. The summed E-state index contributed by atoms with van der Waals surface area (Å²) in [6.07, 6.45) is 7.32. The predicted molar refractivity (Wildman–Crippen MR) is 84.9 cm³/mol. The second-order valence-corrected chi connectivity index (χ2v) is 4.84. The number of pyridine rings is 1. The smallest absolute Gasteiger partial charge is 0.186 e. The Morgan fingerprint density at radius 2 is 2.14 bits per heavy atom. The van der Waals surface area contributed by atoms with Gasteiger partial charge >= 0.3 is 0 Å². The highest BCUT2D eigenvalue weighted by Crippen LogP contribution is 2.25. The molecule has 0 spiro atoms. The molecule has 0 unspecified atom stereocenters. The monoisotopic (exact) mass is 279 g/mol. The Morgan fingerprint density at radius 1 is 1.29 bits per heavy atom. The van der Waals surface area contributed by atoms with Crippen molar-refractivity contribution in [1.82, 2.24) is 15.2 Å². The van der Waals surface area contributed by atoms with Gasteiger partial charge in [-0.25, -0.2) is 0 Å². The van der Waals surface area contributed by atoms with E-state index in [0.717, 1.165) is 22.2 Å². The van der Waals surface area contributed by atoms with Gasteiger partial charge in [-0.2, -0.15) is 0 Å². The predicted octanol–water partition coefficient (Wildman–Crippen LogP) is 3.07. The van der Waals surface area contributed by atoms with Crippen LogP contribution < -0.4 is 5.32 Å². The summed E-state index contributed by atoms with van der Waals surface area (Å²) < 4.78 is 5.31. The largest absolute Gasteiger partial charge is 0.450 e. The maximum atomic E-state index is 5.31. The number of hydrogen-bond donors (Lipinski definition) is 1. The van der Waals surface area contributed by atoms with Crippen molar-refractivity contribution in [3.05, 3.63) is 73.0 Å². The van der Waals surface area contributed by atoms with Gasteiger partial charge in [-0.15, -0.1) is 0 Å². The Labute approximate surface area is 124 Å². The summed E-state index contributed by atoms with van der Waals surface area (Å²) in [6.45, 7) is 4.40. The molecule has 0 fully saturated rings. The minimum atomic E-state index is 0.531. The van der Waals surface area contributed by atoms with E-state index in [2.05, 4.69) is 40.0 Å². The Morgan fingerprint density at radius 3 is 3.05 bits per heavy atom. The molecule has 0 saturated heterocycles. The number of rotatable bonds is 1. The molecule has 1 aromatic carbocycles. The fourth-order valence-electron chi connectivity index (χ4n) is 2.32. The normalized spacial score (nSPS) is 19.6. The summed E-state index contributed by atoms with van der Waals surface area (Å²) >= 11 is 0. The SMILES string of the molecule is C=C1NCN(C)/C(c2cccc3cccnc23)=C\C=C\O1. The first-order chi connectivity index (χ1) is 10.3. The highest BCUT2D eigenvalue weighted by molar-refractivity contribution is 5.90. The Bertz CT molecular complexity index is 728. The molecule has 21 heavy (non-hydrogen) atoms. The number of allylic oxidation sites excluding steroid dienone is 2. The molecular weight excluding hydrogens is 262 g/mol. The van der Waals surface area contributed by atoms with E-state index >= 15 is 0 Å². The van der Waals surface area contributed by atoms with Crippen LogP contribution in [0.4, 0.5) is 0 Å². The van der Waals surface area contributed by atoms with Gasteiger partial charge in [-0.05, 0) is 24.8 Å². The van der Waals surface area contributed by atoms with E-state index < -0.39 is 0 Å². The van der Waals surface area contributed by atoms with Crippen LogP contribution in [0, 0.1) is 0 Å². The van der Waals surface area contributed by atoms with E-state index in [9.17, 15) is 0 Å². The first kappa shape index (κ1) is 13.2. The first-order valence-electron chi connectivity index (χ1n) is 6.77. The first-order valence-corrected chi connectivity index (χ1v) is 6.77. The van der Waals surface area contributed by atoms with Crippen molar-refractivity contribution in [3.63, 3.8) is 0 Å². The molecule has 0 atom stereocenters. The van der Waals surface area contributed by atoms with Crippen LogP contribution in [-0.2, 0) is 4.74 Å². The van der Waals surface area contributed by atoms with Gasteiger partial charge in [0.15, 0.2) is 5.88 Å². The number of hydrogen-bond acceptors (Lipinski definition) is 4. The lowest BCUT2D eigenvalue weighted by Crippen LogP contribution is -2.29. The number of fused-ring (bicyclic) bond motifs is 1. The van der Waals surface area contributed by atoms with Gasteiger partial charge in [0.05, 0.1) is 18.4 Å². The summed E-state index contributed by atoms with van der Waals surface area (Å²) in [5.74, 6) is 0.531. The minimum Gasteiger partial charge on any atom is -0.450 e. The molecule has 1 N–H and O–H groups in total. The van der Waals surface area contributed by atoms with Crippen molar-refractivity contribution in [3.8, 4) is 0 Å². The van der Waals surface area contributed by atoms with Gasteiger partial charge in [-0.3, -0.25) is 4.98 Å². The number of aromatic nitrogens is 1. The topological polar surface area (TPSA) is 37.4 Å². The van der Waals surface area contributed by atoms with E-state index in [1.165, 1.54) is 0 Å². The third-order valence-electron chi connectivity index (χ3n) is 3.38. The highest BCUT2D eigenvalue weighted by atomic mass is 16.5. The quantitative estimate of drug-likeness (QED) is 0.870. The molecule has 106 valence electrons. The van der Waals surface area contributed by atoms with Crippen molar-refractivity contribution in [1.29, 1.82) is 0 Å². The molecule has 4 nitrogen and oxygen atoms in total. The average Bonchev–Trinajstić information content (AvgIpc) is 2.59. The Hall–Kier alpha value is -2.75. The zero-order valence-corrected chi connectivity index (χ0v) is 11.9. The van der Waals surface area contributed by atoms with E-state index in [1.807, 2.05) is 37.5 Å². The third-order valence-corrected chi connectivity index (χ3v) is 3.38. The van der Waals surface area contributed by atoms with Crippen LogP contribution in [0.5, 0.6) is 0 Å².